The maximum absolute atomic E-state index is 13.4. The molecule has 34 heavy (non-hydrogen) atoms. The van der Waals surface area contributed by atoms with Crippen molar-refractivity contribution < 1.29 is 17.6 Å². The monoisotopic (exact) mass is 481 g/mol. The van der Waals surface area contributed by atoms with Gasteiger partial charge in [-0.15, -0.1) is 0 Å². The van der Waals surface area contributed by atoms with E-state index in [-0.39, 0.29) is 25.4 Å². The topological polar surface area (TPSA) is 83.7 Å². The van der Waals surface area contributed by atoms with Gasteiger partial charge in [0.2, 0.25) is 15.9 Å². The number of oxazole rings is 1. The van der Waals surface area contributed by atoms with E-state index < -0.39 is 10.0 Å². The second-order valence-corrected chi connectivity index (χ2v) is 10.7. The van der Waals surface area contributed by atoms with Crippen molar-refractivity contribution in [2.75, 3.05) is 26.2 Å². The second-order valence-electron chi connectivity index (χ2n) is 8.86. The highest BCUT2D eigenvalue weighted by Gasteiger charge is 2.32. The fourth-order valence-electron chi connectivity index (χ4n) is 4.41. The Hall–Kier alpha value is -2.97. The summed E-state index contributed by atoms with van der Waals surface area (Å²) in [4.78, 5) is 19.2. The maximum Gasteiger partial charge on any atom is 0.243 e. The van der Waals surface area contributed by atoms with E-state index in [1.165, 1.54) is 4.31 Å². The Balaban J connectivity index is 1.36. The predicted octanol–water partition coefficient (Wildman–Crippen LogP) is 4.04. The molecule has 1 fully saturated rings. The lowest BCUT2D eigenvalue weighted by Gasteiger charge is -2.34. The van der Waals surface area contributed by atoms with Crippen molar-refractivity contribution in [2.45, 2.75) is 45.4 Å². The van der Waals surface area contributed by atoms with Crippen LogP contribution in [-0.2, 0) is 21.2 Å². The third-order valence-electron chi connectivity index (χ3n) is 6.65. The molecule has 1 aliphatic rings. The van der Waals surface area contributed by atoms with E-state index in [1.807, 2.05) is 64.1 Å². The van der Waals surface area contributed by atoms with Crippen LogP contribution in [-0.4, -0.2) is 54.7 Å². The molecule has 7 nitrogen and oxygen atoms in total. The van der Waals surface area contributed by atoms with Crippen LogP contribution in [0.1, 0.15) is 34.6 Å². The first-order valence-electron chi connectivity index (χ1n) is 11.5. The largest absolute Gasteiger partial charge is 0.441 e. The molecule has 180 valence electrons. The van der Waals surface area contributed by atoms with Gasteiger partial charge in [-0.1, -0.05) is 36.4 Å². The Kier molecular flexibility index (Phi) is 6.91. The van der Waals surface area contributed by atoms with Crippen LogP contribution in [0.3, 0.4) is 0 Å². The number of rotatable bonds is 6. The van der Waals surface area contributed by atoms with E-state index in [2.05, 4.69) is 4.98 Å². The van der Waals surface area contributed by atoms with Crippen molar-refractivity contribution in [3.05, 3.63) is 70.7 Å². The van der Waals surface area contributed by atoms with Crippen LogP contribution < -0.4 is 0 Å². The first kappa shape index (κ1) is 24.2. The number of carbonyl (C=O) groups is 1. The standard InChI is InChI=1S/C26H31N3O4S/c1-18-16-19(2)21(4)26(20(18)3)34(31,32)29-14-12-28(13-15-29)25(30)11-10-24-27-17-23(33-24)22-8-6-5-7-9-22/h5-9,16-17H,10-15H2,1-4H3. The smallest absolute Gasteiger partial charge is 0.243 e. The molecular weight excluding hydrogens is 450 g/mol. The molecule has 1 aliphatic heterocycles. The molecular formula is C26H31N3O4S. The molecule has 0 bridgehead atoms. The minimum atomic E-state index is -3.63. The van der Waals surface area contributed by atoms with Gasteiger partial charge >= 0.3 is 0 Å². The molecule has 0 saturated carbocycles. The van der Waals surface area contributed by atoms with Gasteiger partial charge in [-0.3, -0.25) is 4.79 Å². The number of sulfonamides is 1. The van der Waals surface area contributed by atoms with Gasteiger partial charge in [0.05, 0.1) is 11.1 Å². The molecule has 0 atom stereocenters. The van der Waals surface area contributed by atoms with Crippen molar-refractivity contribution in [3.8, 4) is 11.3 Å². The molecule has 2 heterocycles. The van der Waals surface area contributed by atoms with Crippen LogP contribution in [0.4, 0.5) is 0 Å². The van der Waals surface area contributed by atoms with Crippen LogP contribution >= 0.6 is 0 Å². The predicted molar refractivity (Wildman–Crippen MR) is 131 cm³/mol. The van der Waals surface area contributed by atoms with Gasteiger partial charge in [-0.25, -0.2) is 13.4 Å². The zero-order chi connectivity index (χ0) is 24.5. The summed E-state index contributed by atoms with van der Waals surface area (Å²) < 4.78 is 34.2. The van der Waals surface area contributed by atoms with Gasteiger partial charge in [-0.2, -0.15) is 4.31 Å². The Morgan fingerprint density at radius 1 is 0.971 bits per heavy atom. The number of aromatic nitrogens is 1. The number of hydrogen-bond donors (Lipinski definition) is 0. The number of amides is 1. The lowest BCUT2D eigenvalue weighted by molar-refractivity contribution is -0.132. The van der Waals surface area contributed by atoms with Gasteiger partial charge in [0, 0.05) is 44.6 Å². The van der Waals surface area contributed by atoms with Crippen molar-refractivity contribution in [2.24, 2.45) is 0 Å². The summed E-state index contributed by atoms with van der Waals surface area (Å²) in [6.07, 6.45) is 2.36. The number of piperazine rings is 1. The van der Waals surface area contributed by atoms with E-state index in [4.69, 9.17) is 4.42 Å². The highest BCUT2D eigenvalue weighted by Crippen LogP contribution is 2.29. The number of aryl methyl sites for hydroxylation is 3. The Morgan fingerprint density at radius 2 is 1.59 bits per heavy atom. The highest BCUT2D eigenvalue weighted by molar-refractivity contribution is 7.89. The van der Waals surface area contributed by atoms with Gasteiger partial charge in [0.25, 0.3) is 0 Å². The van der Waals surface area contributed by atoms with Crippen LogP contribution in [0.15, 0.2) is 51.9 Å². The molecule has 0 N–H and O–H groups in total. The lowest BCUT2D eigenvalue weighted by atomic mass is 10.0. The molecule has 1 aromatic heterocycles. The zero-order valence-corrected chi connectivity index (χ0v) is 21.0. The summed E-state index contributed by atoms with van der Waals surface area (Å²) in [5, 5.41) is 0. The normalized spacial score (nSPS) is 15.0. The second kappa shape index (κ2) is 9.72. The summed E-state index contributed by atoms with van der Waals surface area (Å²) in [6.45, 7) is 8.93. The Bertz CT molecular complexity index is 1260. The Morgan fingerprint density at radius 3 is 2.21 bits per heavy atom. The SMILES string of the molecule is Cc1cc(C)c(C)c(S(=O)(=O)N2CCN(C(=O)CCc3ncc(-c4ccccc4)o3)CC2)c1C. The van der Waals surface area contributed by atoms with Crippen LogP contribution in [0, 0.1) is 27.7 Å². The molecule has 2 aromatic carbocycles. The van der Waals surface area contributed by atoms with Crippen LogP contribution in [0.2, 0.25) is 0 Å². The van der Waals surface area contributed by atoms with E-state index in [1.54, 1.807) is 11.1 Å². The highest BCUT2D eigenvalue weighted by atomic mass is 32.2. The summed E-state index contributed by atoms with van der Waals surface area (Å²) >= 11 is 0. The van der Waals surface area contributed by atoms with Crippen molar-refractivity contribution in [3.63, 3.8) is 0 Å². The van der Waals surface area contributed by atoms with Gasteiger partial charge < -0.3 is 9.32 Å². The molecule has 0 unspecified atom stereocenters. The fraction of sp³-hybridized carbons (Fsp3) is 0.385. The molecule has 1 amide bonds. The minimum Gasteiger partial charge on any atom is -0.441 e. The van der Waals surface area contributed by atoms with Gasteiger partial charge in [-0.05, 0) is 49.9 Å². The minimum absolute atomic E-state index is 0.0183. The molecule has 1 saturated heterocycles. The molecule has 3 aromatic rings. The third-order valence-corrected chi connectivity index (χ3v) is 8.82. The summed E-state index contributed by atoms with van der Waals surface area (Å²) in [5.74, 6) is 1.18. The van der Waals surface area contributed by atoms with Crippen molar-refractivity contribution >= 4 is 15.9 Å². The molecule has 0 spiro atoms. The summed E-state index contributed by atoms with van der Waals surface area (Å²) in [7, 11) is -3.63. The first-order chi connectivity index (χ1) is 16.2. The quantitative estimate of drug-likeness (QED) is 0.531. The van der Waals surface area contributed by atoms with Crippen molar-refractivity contribution in [1.82, 2.24) is 14.2 Å². The molecule has 8 heteroatoms. The van der Waals surface area contributed by atoms with Crippen LogP contribution in [0.25, 0.3) is 11.3 Å². The number of carbonyl (C=O) groups excluding carboxylic acids is 1. The molecule has 4 rings (SSSR count). The van der Waals surface area contributed by atoms with E-state index in [9.17, 15) is 13.2 Å². The van der Waals surface area contributed by atoms with Crippen molar-refractivity contribution in [1.29, 1.82) is 0 Å². The van der Waals surface area contributed by atoms with Gasteiger partial charge in [0.1, 0.15) is 0 Å². The zero-order valence-electron chi connectivity index (χ0n) is 20.2. The Labute approximate surface area is 201 Å². The summed E-state index contributed by atoms with van der Waals surface area (Å²) in [6, 6.07) is 11.7. The summed E-state index contributed by atoms with van der Waals surface area (Å²) in [5.41, 5.74) is 4.47. The molecule has 0 radical (unpaired) electrons. The molecule has 0 aliphatic carbocycles. The van der Waals surface area contributed by atoms with E-state index in [0.29, 0.717) is 36.1 Å². The van der Waals surface area contributed by atoms with E-state index in [0.717, 1.165) is 27.8 Å². The number of nitrogens with zero attached hydrogens (tertiary/aromatic N) is 3. The maximum atomic E-state index is 13.4. The van der Waals surface area contributed by atoms with E-state index >= 15 is 0 Å². The first-order valence-corrected chi connectivity index (χ1v) is 13.0. The number of hydrogen-bond acceptors (Lipinski definition) is 5. The number of benzene rings is 2. The van der Waals surface area contributed by atoms with Crippen LogP contribution in [0.5, 0.6) is 0 Å². The average Bonchev–Trinajstić information content (AvgIpc) is 3.31. The third kappa shape index (κ3) is 4.79. The lowest BCUT2D eigenvalue weighted by Crippen LogP contribution is -2.50. The van der Waals surface area contributed by atoms with Gasteiger partial charge in [0.15, 0.2) is 11.7 Å². The fourth-order valence-corrected chi connectivity index (χ4v) is 6.41. The average molecular weight is 482 g/mol.